The molecule has 3 aliphatic rings. The second kappa shape index (κ2) is 7.18. The highest BCUT2D eigenvalue weighted by atomic mass is 35.5. The Balaban J connectivity index is 1.59. The molecule has 1 aromatic heterocycles. The number of anilines is 1. The summed E-state index contributed by atoms with van der Waals surface area (Å²) < 4.78 is 26.8. The quantitative estimate of drug-likeness (QED) is 0.650. The van der Waals surface area contributed by atoms with Crippen LogP contribution in [0, 0.1) is 11.8 Å². The Morgan fingerprint density at radius 2 is 1.96 bits per heavy atom. The van der Waals surface area contributed by atoms with E-state index in [1.54, 1.807) is 0 Å². The SMILES string of the molecule is O=C(Nc1ncc(Cl)s1)c1ccc(Cl)c(S(=O)(=O)C2CC3CC(C2)C3(O)P)c1. The lowest BCUT2D eigenvalue weighted by Gasteiger charge is -2.56. The van der Waals surface area contributed by atoms with Crippen LogP contribution in [0.4, 0.5) is 5.13 Å². The van der Waals surface area contributed by atoms with Gasteiger partial charge in [0.25, 0.3) is 5.91 Å². The minimum Gasteiger partial charge on any atom is -0.385 e. The third-order valence-electron chi connectivity index (χ3n) is 5.61. The second-order valence-corrected chi connectivity index (χ2v) is 12.4. The molecule has 5 rings (SSSR count). The number of carbonyl (C=O) groups is 1. The van der Waals surface area contributed by atoms with Crippen LogP contribution in [0.1, 0.15) is 29.6 Å². The summed E-state index contributed by atoms with van der Waals surface area (Å²) in [5.74, 6) is -0.614. The van der Waals surface area contributed by atoms with E-state index in [2.05, 4.69) is 19.5 Å². The van der Waals surface area contributed by atoms with Gasteiger partial charge in [-0.15, -0.1) is 9.24 Å². The van der Waals surface area contributed by atoms with Crippen molar-refractivity contribution in [1.29, 1.82) is 0 Å². The van der Waals surface area contributed by atoms with Crippen LogP contribution in [0.3, 0.4) is 0 Å². The maximum atomic E-state index is 13.2. The van der Waals surface area contributed by atoms with Crippen molar-refractivity contribution in [2.45, 2.75) is 34.8 Å². The number of hydrogen-bond acceptors (Lipinski definition) is 6. The van der Waals surface area contributed by atoms with Crippen molar-refractivity contribution in [3.63, 3.8) is 0 Å². The fourth-order valence-corrected chi connectivity index (χ4v) is 7.73. The summed E-state index contributed by atoms with van der Waals surface area (Å²) in [5, 5.41) is 11.8. The molecule has 0 radical (unpaired) electrons. The van der Waals surface area contributed by atoms with Crippen LogP contribution < -0.4 is 5.32 Å². The molecule has 0 aliphatic heterocycles. The predicted octanol–water partition coefficient (Wildman–Crippen LogP) is 3.84. The Bertz CT molecular complexity index is 1040. The number of amides is 1. The first-order chi connectivity index (χ1) is 13.1. The van der Waals surface area contributed by atoms with Gasteiger partial charge in [0.15, 0.2) is 15.0 Å². The number of hydrogen-bond donors (Lipinski definition) is 2. The van der Waals surface area contributed by atoms with Crippen LogP contribution in [-0.4, -0.2) is 35.0 Å². The minimum atomic E-state index is -3.74. The van der Waals surface area contributed by atoms with Crippen molar-refractivity contribution in [2.75, 3.05) is 5.32 Å². The maximum Gasteiger partial charge on any atom is 0.257 e. The molecule has 1 aromatic carbocycles. The van der Waals surface area contributed by atoms with Gasteiger partial charge in [-0.05, 0) is 49.3 Å². The maximum absolute atomic E-state index is 13.2. The predicted molar refractivity (Wildman–Crippen MR) is 113 cm³/mol. The van der Waals surface area contributed by atoms with Gasteiger partial charge in [0.05, 0.1) is 26.7 Å². The van der Waals surface area contributed by atoms with Gasteiger partial charge in [-0.2, -0.15) is 0 Å². The number of halogens is 2. The van der Waals surface area contributed by atoms with E-state index in [0.717, 1.165) is 17.8 Å². The normalized spacial score (nSPS) is 29.2. The highest BCUT2D eigenvalue weighted by Gasteiger charge is 2.57. The molecule has 1 amide bonds. The molecule has 6 nitrogen and oxygen atoms in total. The highest BCUT2D eigenvalue weighted by Crippen LogP contribution is 2.58. The number of benzene rings is 1. The van der Waals surface area contributed by atoms with Crippen molar-refractivity contribution < 1.29 is 18.3 Å². The fourth-order valence-electron chi connectivity index (χ4n) is 3.97. The van der Waals surface area contributed by atoms with Crippen molar-refractivity contribution in [2.24, 2.45) is 11.8 Å². The number of fused-ring (bicyclic) bond motifs is 2. The number of carbonyl (C=O) groups excluding carboxylic acids is 1. The van der Waals surface area contributed by atoms with Gasteiger partial charge in [0.2, 0.25) is 0 Å². The summed E-state index contributed by atoms with van der Waals surface area (Å²) in [4.78, 5) is 16.4. The molecule has 3 saturated carbocycles. The zero-order valence-corrected chi connectivity index (χ0v) is 18.7. The number of aromatic nitrogens is 1. The van der Waals surface area contributed by atoms with Crippen LogP contribution in [0.25, 0.3) is 0 Å². The van der Waals surface area contributed by atoms with Crippen molar-refractivity contribution in [3.8, 4) is 0 Å². The molecule has 28 heavy (non-hydrogen) atoms. The van der Waals surface area contributed by atoms with Gasteiger partial charge in [0, 0.05) is 5.56 Å². The second-order valence-electron chi connectivity index (χ2n) is 7.22. The first-order valence-corrected chi connectivity index (χ1v) is 12.3. The standard InChI is InChI=1S/C17H17Cl2N2O4PS2/c18-12-2-1-8(15(22)21-16-20-7-14(19)27-16)3-13(12)28(24,25)11-5-9-4-10(6-11)17(9,23)26/h1-3,7,9-11,23H,4-6,26H2,(H,20,21,22). The van der Waals surface area contributed by atoms with E-state index in [4.69, 9.17) is 23.2 Å². The summed E-state index contributed by atoms with van der Waals surface area (Å²) >= 11 is 13.1. The third-order valence-corrected chi connectivity index (χ3v) is 10.2. The van der Waals surface area contributed by atoms with Gasteiger partial charge in [0.1, 0.15) is 4.34 Å². The largest absolute Gasteiger partial charge is 0.385 e. The van der Waals surface area contributed by atoms with Crippen LogP contribution in [-0.2, 0) is 9.84 Å². The molecule has 3 aliphatic carbocycles. The van der Waals surface area contributed by atoms with E-state index < -0.39 is 26.3 Å². The number of rotatable bonds is 4. The zero-order valence-electron chi connectivity index (χ0n) is 14.4. The molecule has 0 saturated heterocycles. The summed E-state index contributed by atoms with van der Waals surface area (Å²) in [6.45, 7) is 0. The lowest BCUT2D eigenvalue weighted by Crippen LogP contribution is -2.58. The molecule has 1 heterocycles. The molecule has 2 aromatic rings. The van der Waals surface area contributed by atoms with E-state index in [1.165, 1.54) is 24.4 Å². The summed E-state index contributed by atoms with van der Waals surface area (Å²) in [7, 11) is -1.28. The monoisotopic (exact) mass is 478 g/mol. The number of nitrogens with zero attached hydrogens (tertiary/aromatic N) is 1. The molecule has 2 bridgehead atoms. The van der Waals surface area contributed by atoms with Gasteiger partial charge in [-0.3, -0.25) is 10.1 Å². The Hall–Kier alpha value is -0.760. The summed E-state index contributed by atoms with van der Waals surface area (Å²) in [6, 6.07) is 4.18. The van der Waals surface area contributed by atoms with Crippen molar-refractivity contribution in [3.05, 3.63) is 39.3 Å². The molecule has 3 atom stereocenters. The van der Waals surface area contributed by atoms with E-state index in [9.17, 15) is 18.3 Å². The number of thiazole rings is 1. The van der Waals surface area contributed by atoms with Crippen LogP contribution in [0.15, 0.2) is 29.3 Å². The molecule has 3 fully saturated rings. The lowest BCUT2D eigenvalue weighted by atomic mass is 9.62. The molecular formula is C17H17Cl2N2O4PS2. The minimum absolute atomic E-state index is 0.0578. The molecular weight excluding hydrogens is 462 g/mol. The van der Waals surface area contributed by atoms with Crippen LogP contribution in [0.5, 0.6) is 0 Å². The number of nitrogens with one attached hydrogen (secondary N) is 1. The first-order valence-electron chi connectivity index (χ1n) is 8.56. The number of aliphatic hydroxyl groups is 1. The van der Waals surface area contributed by atoms with E-state index in [1.807, 2.05) is 0 Å². The molecule has 150 valence electrons. The van der Waals surface area contributed by atoms with Crippen molar-refractivity contribution in [1.82, 2.24) is 4.98 Å². The van der Waals surface area contributed by atoms with E-state index in [-0.39, 0.29) is 27.3 Å². The Labute approximate surface area is 178 Å². The Morgan fingerprint density at radius 1 is 1.29 bits per heavy atom. The topological polar surface area (TPSA) is 96.4 Å². The molecule has 0 spiro atoms. The smallest absolute Gasteiger partial charge is 0.257 e. The van der Waals surface area contributed by atoms with Crippen LogP contribution >= 0.6 is 43.8 Å². The fraction of sp³-hybridized carbons (Fsp3) is 0.412. The molecule has 3 unspecified atom stereocenters. The third kappa shape index (κ3) is 3.48. The average molecular weight is 479 g/mol. The van der Waals surface area contributed by atoms with Gasteiger partial charge in [-0.25, -0.2) is 13.4 Å². The summed E-state index contributed by atoms with van der Waals surface area (Å²) in [6.07, 6.45) is 3.01. The Kier molecular flexibility index (Phi) is 5.26. The van der Waals surface area contributed by atoms with Gasteiger partial charge >= 0.3 is 0 Å². The highest BCUT2D eigenvalue weighted by molar-refractivity contribution is 7.92. The average Bonchev–Trinajstić information content (AvgIpc) is 3.06. The van der Waals surface area contributed by atoms with Gasteiger partial charge in [-0.1, -0.05) is 34.5 Å². The molecule has 11 heteroatoms. The molecule has 2 N–H and O–H groups in total. The Morgan fingerprint density at radius 3 is 2.54 bits per heavy atom. The zero-order chi connectivity index (χ0) is 20.3. The van der Waals surface area contributed by atoms with Crippen molar-refractivity contribution >= 4 is 64.7 Å². The first kappa shape index (κ1) is 20.5. The van der Waals surface area contributed by atoms with Crippen LogP contribution in [0.2, 0.25) is 9.36 Å². The van der Waals surface area contributed by atoms with E-state index in [0.29, 0.717) is 22.3 Å². The van der Waals surface area contributed by atoms with E-state index >= 15 is 0 Å². The van der Waals surface area contributed by atoms with Gasteiger partial charge < -0.3 is 5.11 Å². The summed E-state index contributed by atoms with van der Waals surface area (Å²) in [5.41, 5.74) is 0.165. The number of sulfone groups is 1. The lowest BCUT2D eigenvalue weighted by molar-refractivity contribution is -0.105.